The van der Waals surface area contributed by atoms with Crippen LogP contribution in [0.25, 0.3) is 11.1 Å². The Bertz CT molecular complexity index is 2260. The van der Waals surface area contributed by atoms with Crippen molar-refractivity contribution in [3.8, 4) is 11.1 Å². The van der Waals surface area contributed by atoms with Gasteiger partial charge in [0.05, 0.1) is 25.4 Å². The lowest BCUT2D eigenvalue weighted by Crippen LogP contribution is -2.58. The standard InChI is InChI=1S/C46H59F2N9O8/c1-28(16-18-50-6)20-39(60)52-24-40(61)55(8)29(2)43(63)54-36(23-38(49)59)45(65)53-35(44(64)51-7)17-19-57(41(62)27-58)42(46(3,4)5)37-21-31(33-22-32(47)14-15-34(33)48)26-56(37)25-30-12-10-9-11-13-30/h9-16,18,21-22,26,29,35-36,42,58H,1,6,17,19-20,23-25,27H2,2-5,7-8H3,(H2,49,59)(H,51,64)(H,52,60)(H,53,65)(H,54,63)/b18-16-. The fraction of sp³-hybridized carbons (Fsp3) is 0.391. The first-order valence-corrected chi connectivity index (χ1v) is 20.6. The summed E-state index contributed by atoms with van der Waals surface area (Å²) in [5.74, 6) is -6.81. The van der Waals surface area contributed by atoms with Crippen molar-refractivity contribution < 1.29 is 47.4 Å². The monoisotopic (exact) mass is 903 g/mol. The molecule has 2 aromatic carbocycles. The third kappa shape index (κ3) is 15.3. The summed E-state index contributed by atoms with van der Waals surface area (Å²) in [5, 5.41) is 20.1. The zero-order valence-corrected chi connectivity index (χ0v) is 37.5. The number of nitrogens with two attached hydrogens (primary N) is 1. The largest absolute Gasteiger partial charge is 0.387 e. The van der Waals surface area contributed by atoms with Gasteiger partial charge in [0.2, 0.25) is 41.4 Å². The third-order valence-corrected chi connectivity index (χ3v) is 10.4. The number of aliphatic hydroxyl groups excluding tert-OH is 1. The molecule has 4 unspecified atom stereocenters. The highest BCUT2D eigenvalue weighted by Gasteiger charge is 2.38. The molecule has 7 amide bonds. The Labute approximate surface area is 377 Å². The van der Waals surface area contributed by atoms with Gasteiger partial charge in [-0.25, -0.2) is 8.78 Å². The summed E-state index contributed by atoms with van der Waals surface area (Å²) in [5.41, 5.74) is 6.71. The predicted molar refractivity (Wildman–Crippen MR) is 240 cm³/mol. The van der Waals surface area contributed by atoms with E-state index in [-0.39, 0.29) is 31.5 Å². The summed E-state index contributed by atoms with van der Waals surface area (Å²) < 4.78 is 31.5. The average Bonchev–Trinajstić information content (AvgIpc) is 3.66. The summed E-state index contributed by atoms with van der Waals surface area (Å²) in [7, 11) is 2.61. The van der Waals surface area contributed by atoms with E-state index in [1.165, 1.54) is 38.2 Å². The van der Waals surface area contributed by atoms with E-state index < -0.39 is 102 Å². The summed E-state index contributed by atoms with van der Waals surface area (Å²) in [4.78, 5) is 97.5. The van der Waals surface area contributed by atoms with Gasteiger partial charge in [0.25, 0.3) is 0 Å². The summed E-state index contributed by atoms with van der Waals surface area (Å²) >= 11 is 0. The van der Waals surface area contributed by atoms with E-state index in [9.17, 15) is 43.1 Å². The number of aromatic nitrogens is 1. The molecule has 0 saturated heterocycles. The van der Waals surface area contributed by atoms with Crippen molar-refractivity contribution in [3.63, 3.8) is 0 Å². The molecule has 0 fully saturated rings. The molecular weight excluding hydrogens is 845 g/mol. The van der Waals surface area contributed by atoms with Crippen LogP contribution in [0.5, 0.6) is 0 Å². The van der Waals surface area contributed by atoms with E-state index in [1.807, 2.05) is 51.1 Å². The third-order valence-electron chi connectivity index (χ3n) is 10.4. The van der Waals surface area contributed by atoms with Crippen LogP contribution < -0.4 is 27.0 Å². The minimum absolute atomic E-state index is 0.0175. The van der Waals surface area contributed by atoms with Crippen LogP contribution in [-0.2, 0) is 40.1 Å². The van der Waals surface area contributed by atoms with Crippen molar-refractivity contribution in [1.82, 2.24) is 35.6 Å². The number of primary amides is 1. The molecule has 0 bridgehead atoms. The Morgan fingerprint density at radius 3 is 2.22 bits per heavy atom. The van der Waals surface area contributed by atoms with Crippen LogP contribution in [0.3, 0.4) is 0 Å². The number of aliphatic imine (C=N–C) groups is 1. The van der Waals surface area contributed by atoms with E-state index >= 15 is 4.39 Å². The highest BCUT2D eigenvalue weighted by Crippen LogP contribution is 2.41. The fourth-order valence-corrected chi connectivity index (χ4v) is 6.96. The van der Waals surface area contributed by atoms with Gasteiger partial charge >= 0.3 is 0 Å². The highest BCUT2D eigenvalue weighted by molar-refractivity contribution is 5.96. The van der Waals surface area contributed by atoms with Gasteiger partial charge in [0.15, 0.2) is 0 Å². The number of carbonyl (C=O) groups is 7. The number of carbonyl (C=O) groups excluding carboxylic acids is 7. The van der Waals surface area contributed by atoms with Crippen LogP contribution in [0, 0.1) is 17.0 Å². The van der Waals surface area contributed by atoms with Crippen LogP contribution >= 0.6 is 0 Å². The van der Waals surface area contributed by atoms with Gasteiger partial charge in [-0.05, 0) is 67.0 Å². The highest BCUT2D eigenvalue weighted by atomic mass is 19.1. The average molecular weight is 904 g/mol. The Balaban J connectivity index is 1.91. The molecule has 0 radical (unpaired) electrons. The molecule has 1 aromatic heterocycles. The molecule has 0 aliphatic heterocycles. The van der Waals surface area contributed by atoms with Crippen LogP contribution in [-0.4, -0.2) is 119 Å². The number of amides is 7. The molecule has 19 heteroatoms. The maximum atomic E-state index is 15.2. The van der Waals surface area contributed by atoms with Crippen molar-refractivity contribution in [2.45, 2.75) is 77.7 Å². The first kappa shape index (κ1) is 52.3. The smallest absolute Gasteiger partial charge is 0.248 e. The first-order valence-electron chi connectivity index (χ1n) is 20.6. The molecule has 65 heavy (non-hydrogen) atoms. The summed E-state index contributed by atoms with van der Waals surface area (Å²) in [6.45, 7) is 12.5. The Kier molecular flexibility index (Phi) is 19.4. The van der Waals surface area contributed by atoms with Crippen molar-refractivity contribution in [2.24, 2.45) is 16.1 Å². The lowest BCUT2D eigenvalue weighted by molar-refractivity contribution is -0.141. The molecule has 3 aromatic rings. The van der Waals surface area contributed by atoms with Gasteiger partial charge in [0.1, 0.15) is 36.4 Å². The number of halogens is 2. The van der Waals surface area contributed by atoms with Crippen molar-refractivity contribution in [2.75, 3.05) is 33.8 Å². The van der Waals surface area contributed by atoms with Crippen molar-refractivity contribution in [1.29, 1.82) is 0 Å². The van der Waals surface area contributed by atoms with Gasteiger partial charge in [-0.3, -0.25) is 38.6 Å². The second kappa shape index (κ2) is 24.2. The number of allylic oxidation sites excluding steroid dienone is 1. The Morgan fingerprint density at radius 1 is 0.954 bits per heavy atom. The number of hydrogen-bond donors (Lipinski definition) is 6. The van der Waals surface area contributed by atoms with E-state index in [1.54, 1.807) is 16.8 Å². The predicted octanol–water partition coefficient (Wildman–Crippen LogP) is 2.49. The van der Waals surface area contributed by atoms with Gasteiger partial charge in [0, 0.05) is 56.4 Å². The van der Waals surface area contributed by atoms with Crippen LogP contribution in [0.1, 0.15) is 64.3 Å². The quantitative estimate of drug-likeness (QED) is 0.0610. The molecule has 0 aliphatic carbocycles. The van der Waals surface area contributed by atoms with E-state index in [2.05, 4.69) is 39.6 Å². The number of likely N-dealkylation sites (N-methyl/N-ethyl adjacent to an activating group) is 2. The SMILES string of the molecule is C=N/C=C\C(=C)CC(=O)NCC(=O)N(C)C(C)C(=O)NC(CC(N)=O)C(=O)NC(CCN(C(=O)CO)C(c1cc(-c2cc(F)ccc2F)cn1Cc1ccccc1)C(C)(C)C)C(=O)NC. The summed E-state index contributed by atoms with van der Waals surface area (Å²) in [6, 6.07) is 8.92. The molecule has 0 saturated carbocycles. The number of nitrogens with zero attached hydrogens (tertiary/aromatic N) is 4. The van der Waals surface area contributed by atoms with Gasteiger partial charge in [-0.2, -0.15) is 0 Å². The maximum absolute atomic E-state index is 15.2. The summed E-state index contributed by atoms with van der Waals surface area (Å²) in [6.07, 6.45) is 3.39. The number of aliphatic hydroxyl groups is 1. The lowest BCUT2D eigenvalue weighted by atomic mass is 9.82. The topological polar surface area (TPSA) is 238 Å². The molecule has 3 rings (SSSR count). The number of benzene rings is 2. The molecule has 350 valence electrons. The first-order chi connectivity index (χ1) is 30.6. The molecule has 0 aliphatic rings. The number of nitrogens with one attached hydrogen (secondary N) is 4. The van der Waals surface area contributed by atoms with E-state index in [4.69, 9.17) is 5.73 Å². The molecular formula is C46H59F2N9O8. The lowest BCUT2D eigenvalue weighted by Gasteiger charge is -2.41. The van der Waals surface area contributed by atoms with Crippen LogP contribution in [0.2, 0.25) is 0 Å². The number of rotatable bonds is 23. The molecule has 0 spiro atoms. The molecule has 17 nitrogen and oxygen atoms in total. The Morgan fingerprint density at radius 2 is 1.62 bits per heavy atom. The second-order valence-corrected chi connectivity index (χ2v) is 16.4. The van der Waals surface area contributed by atoms with Crippen LogP contribution in [0.15, 0.2) is 90.2 Å². The van der Waals surface area contributed by atoms with Crippen molar-refractivity contribution >= 4 is 48.1 Å². The van der Waals surface area contributed by atoms with Crippen LogP contribution in [0.4, 0.5) is 8.78 Å². The number of hydrogen-bond acceptors (Lipinski definition) is 9. The minimum Gasteiger partial charge on any atom is -0.387 e. The van der Waals surface area contributed by atoms with Gasteiger partial charge < -0.3 is 46.5 Å². The van der Waals surface area contributed by atoms with Gasteiger partial charge in [-0.15, -0.1) is 0 Å². The zero-order valence-electron chi connectivity index (χ0n) is 37.5. The minimum atomic E-state index is -1.62. The fourth-order valence-electron chi connectivity index (χ4n) is 6.96. The normalized spacial score (nSPS) is 13.1. The van der Waals surface area contributed by atoms with Gasteiger partial charge in [-0.1, -0.05) is 57.7 Å². The maximum Gasteiger partial charge on any atom is 0.248 e. The van der Waals surface area contributed by atoms with E-state index in [0.29, 0.717) is 16.8 Å². The zero-order chi connectivity index (χ0) is 48.6. The Hall–Kier alpha value is -7.02. The molecule has 7 N–H and O–H groups in total. The van der Waals surface area contributed by atoms with E-state index in [0.717, 1.165) is 28.7 Å². The van der Waals surface area contributed by atoms with Crippen molar-refractivity contribution in [3.05, 3.63) is 108 Å². The molecule has 1 heterocycles. The second-order valence-electron chi connectivity index (χ2n) is 16.4. The molecule has 4 atom stereocenters.